The number of hydrogen-bond donors (Lipinski definition) is 1. The quantitative estimate of drug-likeness (QED) is 0.133. The molecule has 3 heterocycles. The van der Waals surface area contributed by atoms with Gasteiger partial charge in [0.05, 0.1) is 17.6 Å². The number of H-pyrrole nitrogens is 1. The second kappa shape index (κ2) is 13.0. The molecule has 1 aliphatic rings. The summed E-state index contributed by atoms with van der Waals surface area (Å²) >= 11 is 0. The molecule has 0 atom stereocenters. The number of piperidine rings is 1. The molecule has 0 spiro atoms. The third-order valence-electron chi connectivity index (χ3n) is 7.29. The standard InChI is InChI=1S/C32H35FN4O8/c1-32(2,3)45-31(39)36-14-11-21(12-15-36)42-16-17-43-26-6-5-7-27(28(26)33)44-25-9-8-20(37(40)41)18-23(25)24-19-35(4)30(38)29-22(24)10-13-34-29/h5-10,13,18-19,21,34H,11-12,14-17H2,1-4H3. The first kappa shape index (κ1) is 31.5. The molecule has 1 fully saturated rings. The van der Waals surface area contributed by atoms with Gasteiger partial charge in [-0.3, -0.25) is 14.9 Å². The number of nitro groups is 1. The minimum Gasteiger partial charge on any atom is -0.488 e. The Morgan fingerprint density at radius 1 is 1.07 bits per heavy atom. The lowest BCUT2D eigenvalue weighted by Crippen LogP contribution is -2.43. The smallest absolute Gasteiger partial charge is 0.410 e. The number of aromatic amines is 1. The molecule has 4 aromatic rings. The van der Waals surface area contributed by atoms with Crippen molar-refractivity contribution < 1.29 is 33.1 Å². The SMILES string of the molecule is Cn1cc(-c2cc([N+](=O)[O-])ccc2Oc2cccc(OCCOC3CCN(C(=O)OC(C)(C)C)CC3)c2F)c2cc[nH]c2c1=O. The number of aryl methyl sites for hydroxylation is 1. The topological polar surface area (TPSA) is 138 Å². The number of nitro benzene ring substituents is 1. The fraction of sp³-hybridized carbons (Fsp3) is 0.375. The molecular weight excluding hydrogens is 587 g/mol. The number of non-ortho nitro benzene ring substituents is 1. The highest BCUT2D eigenvalue weighted by Gasteiger charge is 2.27. The number of rotatable bonds is 9. The van der Waals surface area contributed by atoms with Crippen LogP contribution in [0.2, 0.25) is 0 Å². The Bertz CT molecular complexity index is 1770. The second-order valence-electron chi connectivity index (χ2n) is 11.7. The summed E-state index contributed by atoms with van der Waals surface area (Å²) in [5, 5.41) is 12.1. The third kappa shape index (κ3) is 7.26. The molecule has 1 aliphatic heterocycles. The molecule has 12 nitrogen and oxygen atoms in total. The van der Waals surface area contributed by atoms with E-state index < -0.39 is 16.3 Å². The summed E-state index contributed by atoms with van der Waals surface area (Å²) in [5.74, 6) is -0.791. The van der Waals surface area contributed by atoms with E-state index in [0.29, 0.717) is 48.0 Å². The van der Waals surface area contributed by atoms with Crippen LogP contribution < -0.4 is 15.0 Å². The Morgan fingerprint density at radius 2 is 1.80 bits per heavy atom. The van der Waals surface area contributed by atoms with Crippen LogP contribution in [-0.4, -0.2) is 63.5 Å². The molecule has 0 aliphatic carbocycles. The van der Waals surface area contributed by atoms with E-state index in [0.717, 1.165) is 0 Å². The zero-order chi connectivity index (χ0) is 32.3. The van der Waals surface area contributed by atoms with Gasteiger partial charge in [0.15, 0.2) is 11.5 Å². The maximum Gasteiger partial charge on any atom is 0.410 e. The first-order valence-corrected chi connectivity index (χ1v) is 14.6. The monoisotopic (exact) mass is 622 g/mol. The van der Waals surface area contributed by atoms with Crippen molar-refractivity contribution in [3.8, 4) is 28.4 Å². The van der Waals surface area contributed by atoms with Crippen molar-refractivity contribution in [2.75, 3.05) is 26.3 Å². The molecule has 0 radical (unpaired) electrons. The van der Waals surface area contributed by atoms with Crippen molar-refractivity contribution in [3.05, 3.63) is 81.1 Å². The van der Waals surface area contributed by atoms with E-state index in [-0.39, 0.29) is 53.9 Å². The summed E-state index contributed by atoms with van der Waals surface area (Å²) in [6.07, 6.45) is 4.07. The van der Waals surface area contributed by atoms with Gasteiger partial charge in [0, 0.05) is 61.2 Å². The number of aromatic nitrogens is 2. The fourth-order valence-corrected chi connectivity index (χ4v) is 5.11. The maximum atomic E-state index is 15.5. The van der Waals surface area contributed by atoms with Crippen LogP contribution in [0.4, 0.5) is 14.9 Å². The zero-order valence-electron chi connectivity index (χ0n) is 25.5. The molecule has 13 heteroatoms. The summed E-state index contributed by atoms with van der Waals surface area (Å²) < 4.78 is 39.9. The lowest BCUT2D eigenvalue weighted by Gasteiger charge is -2.33. The lowest BCUT2D eigenvalue weighted by molar-refractivity contribution is -0.384. The predicted molar refractivity (Wildman–Crippen MR) is 164 cm³/mol. The zero-order valence-corrected chi connectivity index (χ0v) is 25.5. The summed E-state index contributed by atoms with van der Waals surface area (Å²) in [6, 6.07) is 10.1. The van der Waals surface area contributed by atoms with Crippen molar-refractivity contribution in [1.29, 1.82) is 0 Å². The predicted octanol–water partition coefficient (Wildman–Crippen LogP) is 6.17. The van der Waals surface area contributed by atoms with E-state index in [9.17, 15) is 19.7 Å². The Kier molecular flexibility index (Phi) is 9.09. The summed E-state index contributed by atoms with van der Waals surface area (Å²) in [5.41, 5.74) is 0.114. The fourth-order valence-electron chi connectivity index (χ4n) is 5.11. The third-order valence-corrected chi connectivity index (χ3v) is 7.29. The van der Waals surface area contributed by atoms with Crippen LogP contribution in [0, 0.1) is 15.9 Å². The molecule has 0 unspecified atom stereocenters. The van der Waals surface area contributed by atoms with Crippen molar-refractivity contribution in [1.82, 2.24) is 14.5 Å². The van der Waals surface area contributed by atoms with Crippen LogP contribution in [0.3, 0.4) is 0 Å². The van der Waals surface area contributed by atoms with Gasteiger partial charge in [0.1, 0.15) is 23.5 Å². The number of carbonyl (C=O) groups excluding carboxylic acids is 1. The number of likely N-dealkylation sites (tertiary alicyclic amines) is 1. The number of nitrogens with zero attached hydrogens (tertiary/aromatic N) is 3. The molecule has 5 rings (SSSR count). The van der Waals surface area contributed by atoms with Crippen LogP contribution in [0.25, 0.3) is 22.0 Å². The van der Waals surface area contributed by atoms with Crippen molar-refractivity contribution >= 4 is 22.7 Å². The molecule has 1 amide bonds. The van der Waals surface area contributed by atoms with Gasteiger partial charge in [0.2, 0.25) is 5.82 Å². The molecule has 45 heavy (non-hydrogen) atoms. The van der Waals surface area contributed by atoms with E-state index in [1.54, 1.807) is 36.5 Å². The number of carbonyl (C=O) groups is 1. The van der Waals surface area contributed by atoms with Crippen LogP contribution in [0.5, 0.6) is 17.2 Å². The first-order valence-electron chi connectivity index (χ1n) is 14.6. The van der Waals surface area contributed by atoms with Crippen LogP contribution in [0.1, 0.15) is 33.6 Å². The molecule has 2 aromatic carbocycles. The normalized spacial score (nSPS) is 14.0. The molecule has 1 N–H and O–H groups in total. The number of amides is 1. The first-order chi connectivity index (χ1) is 21.4. The lowest BCUT2D eigenvalue weighted by atomic mass is 10.0. The van der Waals surface area contributed by atoms with E-state index in [4.69, 9.17) is 18.9 Å². The van der Waals surface area contributed by atoms with Gasteiger partial charge < -0.3 is 33.4 Å². The summed E-state index contributed by atoms with van der Waals surface area (Å²) in [6.45, 7) is 6.83. The number of benzene rings is 2. The highest BCUT2D eigenvalue weighted by atomic mass is 19.1. The number of hydrogen-bond acceptors (Lipinski definition) is 8. The van der Waals surface area contributed by atoms with Crippen LogP contribution in [-0.2, 0) is 16.5 Å². The summed E-state index contributed by atoms with van der Waals surface area (Å²) in [7, 11) is 1.57. The molecule has 238 valence electrons. The highest BCUT2D eigenvalue weighted by molar-refractivity contribution is 5.96. The van der Waals surface area contributed by atoms with Gasteiger partial charge in [-0.25, -0.2) is 4.79 Å². The van der Waals surface area contributed by atoms with Gasteiger partial charge in [-0.1, -0.05) is 6.07 Å². The van der Waals surface area contributed by atoms with Crippen LogP contribution in [0.15, 0.2) is 59.7 Å². The van der Waals surface area contributed by atoms with Crippen molar-refractivity contribution in [2.45, 2.75) is 45.3 Å². The number of ether oxygens (including phenoxy) is 4. The van der Waals surface area contributed by atoms with Crippen molar-refractivity contribution in [2.24, 2.45) is 7.05 Å². The van der Waals surface area contributed by atoms with Gasteiger partial charge >= 0.3 is 6.09 Å². The Morgan fingerprint density at radius 3 is 2.51 bits per heavy atom. The van der Waals surface area contributed by atoms with E-state index in [2.05, 4.69) is 4.98 Å². The molecule has 2 aromatic heterocycles. The molecule has 0 saturated carbocycles. The van der Waals surface area contributed by atoms with Crippen molar-refractivity contribution in [3.63, 3.8) is 0 Å². The van der Waals surface area contributed by atoms with Gasteiger partial charge in [-0.05, 0) is 57.9 Å². The molecule has 1 saturated heterocycles. The Hall–Kier alpha value is -4.91. The number of pyridine rings is 1. The molecular formula is C32H35FN4O8. The average Bonchev–Trinajstić information content (AvgIpc) is 3.49. The van der Waals surface area contributed by atoms with Gasteiger partial charge in [-0.15, -0.1) is 0 Å². The second-order valence-corrected chi connectivity index (χ2v) is 11.7. The summed E-state index contributed by atoms with van der Waals surface area (Å²) in [4.78, 5) is 40.5. The largest absolute Gasteiger partial charge is 0.488 e. The minimum atomic E-state index is -0.750. The van der Waals surface area contributed by atoms with E-state index in [1.165, 1.54) is 34.9 Å². The van der Waals surface area contributed by atoms with E-state index >= 15 is 4.39 Å². The number of fused-ring (bicyclic) bond motifs is 1. The average molecular weight is 623 g/mol. The van der Waals surface area contributed by atoms with Gasteiger partial charge in [-0.2, -0.15) is 4.39 Å². The maximum absolute atomic E-state index is 15.5. The minimum absolute atomic E-state index is 0.0468. The Labute approximate surface area is 258 Å². The van der Waals surface area contributed by atoms with Crippen LogP contribution >= 0.6 is 0 Å². The van der Waals surface area contributed by atoms with Gasteiger partial charge in [0.25, 0.3) is 11.2 Å². The Balaban J connectivity index is 1.25. The molecule has 0 bridgehead atoms. The highest BCUT2D eigenvalue weighted by Crippen LogP contribution is 2.40. The number of halogens is 1. The van der Waals surface area contributed by atoms with E-state index in [1.807, 2.05) is 20.8 Å². The number of nitrogens with one attached hydrogen (secondary N) is 1.